The molecule has 0 spiro atoms. The average Bonchev–Trinajstić information content (AvgIpc) is 2.76. The molecule has 5 heteroatoms. The van der Waals surface area contributed by atoms with Gasteiger partial charge in [0.2, 0.25) is 0 Å². The molecule has 0 aromatic carbocycles. The van der Waals surface area contributed by atoms with Crippen molar-refractivity contribution in [2.24, 2.45) is 0 Å². The van der Waals surface area contributed by atoms with Gasteiger partial charge in [0.05, 0.1) is 0 Å². The molecule has 20 heavy (non-hydrogen) atoms. The Morgan fingerprint density at radius 2 is 2.15 bits per heavy atom. The molecule has 0 saturated carbocycles. The van der Waals surface area contributed by atoms with E-state index in [9.17, 15) is 5.26 Å². The summed E-state index contributed by atoms with van der Waals surface area (Å²) in [6, 6.07) is 4.38. The first-order valence-electron chi connectivity index (χ1n) is 6.64. The summed E-state index contributed by atoms with van der Waals surface area (Å²) >= 11 is 5.27. The summed E-state index contributed by atoms with van der Waals surface area (Å²) in [5.41, 5.74) is 10.1. The number of thiophene rings is 1. The lowest BCUT2D eigenvalue weighted by molar-refractivity contribution is -0.374. The number of nitriles is 1. The number of aromatic nitrogens is 1. The fourth-order valence-corrected chi connectivity index (χ4v) is 4.41. The highest BCUT2D eigenvalue weighted by Crippen LogP contribution is 2.40. The quantitative estimate of drug-likeness (QED) is 0.854. The first-order chi connectivity index (χ1) is 9.61. The molecule has 102 valence electrons. The van der Waals surface area contributed by atoms with Crippen molar-refractivity contribution in [2.45, 2.75) is 32.6 Å². The van der Waals surface area contributed by atoms with E-state index in [0.717, 1.165) is 27.8 Å². The van der Waals surface area contributed by atoms with E-state index in [2.05, 4.69) is 40.0 Å². The topological polar surface area (TPSA) is 64.0 Å². The van der Waals surface area contributed by atoms with Crippen LogP contribution >= 0.6 is 27.3 Å². The Hall–Kier alpha value is -1.38. The van der Waals surface area contributed by atoms with Crippen LogP contribution in [0.25, 0.3) is 10.4 Å². The van der Waals surface area contributed by atoms with Gasteiger partial charge in [0.1, 0.15) is 17.3 Å². The van der Waals surface area contributed by atoms with Gasteiger partial charge in [-0.2, -0.15) is 5.26 Å². The van der Waals surface area contributed by atoms with Gasteiger partial charge in [-0.05, 0) is 48.2 Å². The molecular formula is C15H15BrN3S+. The van der Waals surface area contributed by atoms with Crippen molar-refractivity contribution in [1.29, 1.82) is 5.26 Å². The normalized spacial score (nSPS) is 13.8. The number of aromatic amines is 1. The molecule has 0 atom stereocenters. The largest absolute Gasteiger partial charge is 0.289 e. The van der Waals surface area contributed by atoms with Crippen molar-refractivity contribution >= 4 is 33.1 Å². The Kier molecular flexibility index (Phi) is 3.53. The first-order valence-corrected chi connectivity index (χ1v) is 8.25. The molecule has 0 bridgehead atoms. The van der Waals surface area contributed by atoms with E-state index in [4.69, 9.17) is 5.73 Å². The summed E-state index contributed by atoms with van der Waals surface area (Å²) in [5.74, 6) is 0.491. The molecule has 1 aliphatic rings. The van der Waals surface area contributed by atoms with E-state index in [1.54, 1.807) is 11.3 Å². The number of fused-ring (bicyclic) bond motifs is 1. The van der Waals surface area contributed by atoms with Gasteiger partial charge in [0.15, 0.2) is 0 Å². The number of H-pyrrole nitrogens is 1. The van der Waals surface area contributed by atoms with E-state index in [-0.39, 0.29) is 0 Å². The van der Waals surface area contributed by atoms with Gasteiger partial charge >= 0.3 is 0 Å². The number of nitrogens with two attached hydrogens (primary N) is 1. The van der Waals surface area contributed by atoms with Crippen LogP contribution in [0.1, 0.15) is 34.5 Å². The van der Waals surface area contributed by atoms with E-state index in [0.29, 0.717) is 11.4 Å². The van der Waals surface area contributed by atoms with Gasteiger partial charge < -0.3 is 0 Å². The molecule has 0 aliphatic heterocycles. The molecule has 3 nitrogen and oxygen atoms in total. The van der Waals surface area contributed by atoms with Crippen molar-refractivity contribution in [3.8, 4) is 16.5 Å². The number of aryl methyl sites for hydroxylation is 2. The van der Waals surface area contributed by atoms with Gasteiger partial charge in [0, 0.05) is 31.8 Å². The number of anilines is 1. The summed E-state index contributed by atoms with van der Waals surface area (Å²) in [6.45, 7) is 2.08. The zero-order chi connectivity index (χ0) is 14.3. The standard InChI is InChI=1S/C15H14BrN3S/c1-8-11(16)6-13(20-8)14-9-4-2-3-5-12(9)19-15(18)10(14)7-17/h6H,2-5H2,1H3,(H2,18,19)/p+1. The number of rotatable bonds is 1. The summed E-state index contributed by atoms with van der Waals surface area (Å²) in [4.78, 5) is 5.58. The molecule has 2 aromatic rings. The summed E-state index contributed by atoms with van der Waals surface area (Å²) in [5, 5.41) is 9.48. The summed E-state index contributed by atoms with van der Waals surface area (Å²) < 4.78 is 1.09. The van der Waals surface area contributed by atoms with Crippen molar-refractivity contribution in [3.05, 3.63) is 32.2 Å². The lowest BCUT2D eigenvalue weighted by Gasteiger charge is -2.17. The minimum absolute atomic E-state index is 0.491. The maximum Gasteiger partial charge on any atom is 0.289 e. The lowest BCUT2D eigenvalue weighted by Crippen LogP contribution is -2.24. The SMILES string of the molecule is Cc1sc(-c2c(C#N)c(N)[nH+]c3c2CCCC3)cc1Br. The van der Waals surface area contributed by atoms with Crippen LogP contribution in [-0.4, -0.2) is 0 Å². The van der Waals surface area contributed by atoms with Crippen molar-refractivity contribution in [1.82, 2.24) is 0 Å². The average molecular weight is 349 g/mol. The van der Waals surface area contributed by atoms with Crippen LogP contribution in [0.4, 0.5) is 5.82 Å². The zero-order valence-electron chi connectivity index (χ0n) is 11.2. The molecule has 2 aromatic heterocycles. The molecule has 3 rings (SSSR count). The maximum absolute atomic E-state index is 9.48. The molecule has 2 heterocycles. The molecule has 0 amide bonds. The van der Waals surface area contributed by atoms with Crippen molar-refractivity contribution in [3.63, 3.8) is 0 Å². The minimum Gasteiger partial charge on any atom is -0.286 e. The van der Waals surface area contributed by atoms with Gasteiger partial charge in [-0.25, -0.2) is 4.98 Å². The van der Waals surface area contributed by atoms with E-state index in [1.165, 1.54) is 29.0 Å². The summed E-state index contributed by atoms with van der Waals surface area (Å²) in [7, 11) is 0. The Morgan fingerprint density at radius 1 is 1.40 bits per heavy atom. The summed E-state index contributed by atoms with van der Waals surface area (Å²) in [6.07, 6.45) is 4.39. The first kappa shape index (κ1) is 13.6. The molecule has 0 saturated heterocycles. The molecule has 0 unspecified atom stereocenters. The third-order valence-electron chi connectivity index (χ3n) is 3.79. The van der Waals surface area contributed by atoms with Crippen LogP contribution in [0.3, 0.4) is 0 Å². The molecule has 0 fully saturated rings. The fraction of sp³-hybridized carbons (Fsp3) is 0.333. The number of nitrogen functional groups attached to an aromatic ring is 1. The third kappa shape index (κ3) is 2.13. The Morgan fingerprint density at radius 3 is 2.80 bits per heavy atom. The second-order valence-electron chi connectivity index (χ2n) is 5.08. The highest BCUT2D eigenvalue weighted by Gasteiger charge is 2.26. The van der Waals surface area contributed by atoms with Gasteiger partial charge in [0.25, 0.3) is 5.82 Å². The Bertz CT molecular complexity index is 708. The van der Waals surface area contributed by atoms with E-state index in [1.807, 2.05) is 0 Å². The number of nitrogens with one attached hydrogen (secondary N) is 1. The fourth-order valence-electron chi connectivity index (χ4n) is 2.80. The lowest BCUT2D eigenvalue weighted by atomic mass is 9.89. The monoisotopic (exact) mass is 348 g/mol. The van der Waals surface area contributed by atoms with Crippen molar-refractivity contribution in [2.75, 3.05) is 5.73 Å². The zero-order valence-corrected chi connectivity index (χ0v) is 13.6. The highest BCUT2D eigenvalue weighted by atomic mass is 79.9. The van der Waals surface area contributed by atoms with Crippen LogP contribution < -0.4 is 10.7 Å². The molecular weight excluding hydrogens is 334 g/mol. The Balaban J connectivity index is 2.32. The minimum atomic E-state index is 0.491. The van der Waals surface area contributed by atoms with Crippen LogP contribution in [0, 0.1) is 18.3 Å². The van der Waals surface area contributed by atoms with Gasteiger partial charge in [-0.3, -0.25) is 5.73 Å². The van der Waals surface area contributed by atoms with Crippen molar-refractivity contribution < 1.29 is 4.98 Å². The number of hydrogen-bond acceptors (Lipinski definition) is 3. The number of halogens is 1. The second-order valence-corrected chi connectivity index (χ2v) is 7.19. The number of nitrogens with zero attached hydrogens (tertiary/aromatic N) is 1. The smallest absolute Gasteiger partial charge is 0.286 e. The van der Waals surface area contributed by atoms with Crippen LogP contribution in [0.2, 0.25) is 0 Å². The van der Waals surface area contributed by atoms with Crippen LogP contribution in [-0.2, 0) is 12.8 Å². The second kappa shape index (κ2) is 5.19. The molecule has 1 aliphatic carbocycles. The van der Waals surface area contributed by atoms with Crippen LogP contribution in [0.15, 0.2) is 10.5 Å². The molecule has 3 N–H and O–H groups in total. The van der Waals surface area contributed by atoms with Gasteiger partial charge in [-0.15, -0.1) is 11.3 Å². The maximum atomic E-state index is 9.48. The van der Waals surface area contributed by atoms with Gasteiger partial charge in [-0.1, -0.05) is 0 Å². The highest BCUT2D eigenvalue weighted by molar-refractivity contribution is 9.10. The number of pyridine rings is 1. The number of hydrogen-bond donors (Lipinski definition) is 1. The Labute approximate surface area is 130 Å². The third-order valence-corrected chi connectivity index (χ3v) is 5.94. The van der Waals surface area contributed by atoms with Crippen LogP contribution in [0.5, 0.6) is 0 Å². The van der Waals surface area contributed by atoms with E-state index < -0.39 is 0 Å². The van der Waals surface area contributed by atoms with E-state index >= 15 is 0 Å². The predicted molar refractivity (Wildman–Crippen MR) is 84.5 cm³/mol. The predicted octanol–water partition coefficient (Wildman–Crippen LogP) is 3.63. The molecule has 0 radical (unpaired) electrons.